The van der Waals surface area contributed by atoms with Gasteiger partial charge < -0.3 is 9.47 Å². The van der Waals surface area contributed by atoms with Gasteiger partial charge in [-0.15, -0.1) is 0 Å². The molecule has 0 aliphatic rings. The first-order valence-electron chi connectivity index (χ1n) is 5.83. The number of rotatable bonds is 6. The average Bonchev–Trinajstić information content (AvgIpc) is 2.39. The molecule has 0 heterocycles. The molecule has 4 nitrogen and oxygen atoms in total. The number of methoxy groups -OCH3 is 1. The molecular formula is C14H17NO3. The van der Waals surface area contributed by atoms with Crippen LogP contribution in [0.1, 0.15) is 29.3 Å². The monoisotopic (exact) mass is 247 g/mol. The summed E-state index contributed by atoms with van der Waals surface area (Å²) in [7, 11) is 1.62. The third-order valence-electron chi connectivity index (χ3n) is 2.61. The molecule has 0 N–H and O–H groups in total. The number of carbonyl (C=O) groups is 1. The van der Waals surface area contributed by atoms with Crippen LogP contribution in [0.4, 0.5) is 0 Å². The molecule has 0 fully saturated rings. The van der Waals surface area contributed by atoms with E-state index in [9.17, 15) is 4.79 Å². The third kappa shape index (κ3) is 4.56. The van der Waals surface area contributed by atoms with Crippen LogP contribution in [0.2, 0.25) is 0 Å². The van der Waals surface area contributed by atoms with E-state index in [1.807, 2.05) is 19.1 Å². The van der Waals surface area contributed by atoms with Crippen molar-refractivity contribution < 1.29 is 14.3 Å². The summed E-state index contributed by atoms with van der Waals surface area (Å²) in [6.45, 7) is 2.25. The predicted octanol–water partition coefficient (Wildman–Crippen LogP) is 2.33. The summed E-state index contributed by atoms with van der Waals surface area (Å²) < 4.78 is 10.2. The van der Waals surface area contributed by atoms with Crippen molar-refractivity contribution in [1.29, 1.82) is 5.26 Å². The maximum absolute atomic E-state index is 11.7. The van der Waals surface area contributed by atoms with Crippen molar-refractivity contribution in [3.63, 3.8) is 0 Å². The Labute approximate surface area is 107 Å². The molecule has 1 atom stereocenters. The Kier molecular flexibility index (Phi) is 5.89. The SMILES string of the molecule is CO[C@@H](C)CCOC(=O)c1cccc(CC#N)c1. The van der Waals surface area contributed by atoms with Crippen LogP contribution in [0.5, 0.6) is 0 Å². The number of benzene rings is 1. The van der Waals surface area contributed by atoms with Gasteiger partial charge >= 0.3 is 5.97 Å². The van der Waals surface area contributed by atoms with Crippen LogP contribution in [0.3, 0.4) is 0 Å². The minimum Gasteiger partial charge on any atom is -0.462 e. The van der Waals surface area contributed by atoms with Gasteiger partial charge in [-0.1, -0.05) is 12.1 Å². The second-order valence-electron chi connectivity index (χ2n) is 4.01. The summed E-state index contributed by atoms with van der Waals surface area (Å²) in [6, 6.07) is 8.98. The average molecular weight is 247 g/mol. The number of nitriles is 1. The van der Waals surface area contributed by atoms with Gasteiger partial charge in [-0.25, -0.2) is 4.79 Å². The Balaban J connectivity index is 2.51. The molecule has 0 aliphatic carbocycles. The van der Waals surface area contributed by atoms with E-state index in [1.54, 1.807) is 25.3 Å². The van der Waals surface area contributed by atoms with E-state index in [0.29, 0.717) is 25.0 Å². The minimum atomic E-state index is -0.363. The molecule has 1 aromatic rings. The van der Waals surface area contributed by atoms with Crippen LogP contribution in [0.25, 0.3) is 0 Å². The zero-order valence-electron chi connectivity index (χ0n) is 10.7. The Morgan fingerprint density at radius 2 is 2.28 bits per heavy atom. The molecule has 0 radical (unpaired) electrons. The van der Waals surface area contributed by atoms with E-state index in [2.05, 4.69) is 0 Å². The van der Waals surface area contributed by atoms with Crippen molar-refractivity contribution in [2.45, 2.75) is 25.9 Å². The highest BCUT2D eigenvalue weighted by Crippen LogP contribution is 2.08. The van der Waals surface area contributed by atoms with Crippen LogP contribution >= 0.6 is 0 Å². The first-order chi connectivity index (χ1) is 8.67. The van der Waals surface area contributed by atoms with Crippen molar-refractivity contribution in [1.82, 2.24) is 0 Å². The van der Waals surface area contributed by atoms with E-state index in [1.165, 1.54) is 0 Å². The lowest BCUT2D eigenvalue weighted by atomic mass is 10.1. The number of esters is 1. The van der Waals surface area contributed by atoms with Crippen LogP contribution in [-0.4, -0.2) is 25.8 Å². The van der Waals surface area contributed by atoms with E-state index in [0.717, 1.165) is 5.56 Å². The van der Waals surface area contributed by atoms with Gasteiger partial charge in [-0.2, -0.15) is 5.26 Å². The Hall–Kier alpha value is -1.86. The molecule has 4 heteroatoms. The first-order valence-corrected chi connectivity index (χ1v) is 5.83. The first kappa shape index (κ1) is 14.2. The fourth-order valence-electron chi connectivity index (χ4n) is 1.42. The summed E-state index contributed by atoms with van der Waals surface area (Å²) in [5.74, 6) is -0.363. The van der Waals surface area contributed by atoms with Crippen LogP contribution in [-0.2, 0) is 15.9 Å². The largest absolute Gasteiger partial charge is 0.462 e. The Morgan fingerprint density at radius 1 is 1.50 bits per heavy atom. The topological polar surface area (TPSA) is 59.3 Å². The summed E-state index contributed by atoms with van der Waals surface area (Å²) in [5, 5.41) is 8.60. The molecule has 0 unspecified atom stereocenters. The van der Waals surface area contributed by atoms with Gasteiger partial charge in [0.1, 0.15) is 0 Å². The molecule has 1 aromatic carbocycles. The van der Waals surface area contributed by atoms with Crippen molar-refractivity contribution in [3.8, 4) is 6.07 Å². The van der Waals surface area contributed by atoms with Crippen molar-refractivity contribution in [2.75, 3.05) is 13.7 Å². The molecule has 0 aromatic heterocycles. The highest BCUT2D eigenvalue weighted by atomic mass is 16.5. The zero-order valence-corrected chi connectivity index (χ0v) is 10.7. The highest BCUT2D eigenvalue weighted by molar-refractivity contribution is 5.89. The highest BCUT2D eigenvalue weighted by Gasteiger charge is 2.08. The maximum atomic E-state index is 11.7. The number of hydrogen-bond donors (Lipinski definition) is 0. The second-order valence-corrected chi connectivity index (χ2v) is 4.01. The third-order valence-corrected chi connectivity index (χ3v) is 2.61. The van der Waals surface area contributed by atoms with Gasteiger partial charge in [0.05, 0.1) is 30.8 Å². The smallest absolute Gasteiger partial charge is 0.338 e. The second kappa shape index (κ2) is 7.46. The molecule has 1 rings (SSSR count). The Morgan fingerprint density at radius 3 is 2.94 bits per heavy atom. The van der Waals surface area contributed by atoms with E-state index < -0.39 is 0 Å². The quantitative estimate of drug-likeness (QED) is 0.724. The van der Waals surface area contributed by atoms with Gasteiger partial charge in [-0.05, 0) is 24.6 Å². The number of carbonyl (C=O) groups excluding carboxylic acids is 1. The van der Waals surface area contributed by atoms with Crippen molar-refractivity contribution >= 4 is 5.97 Å². The fourth-order valence-corrected chi connectivity index (χ4v) is 1.42. The lowest BCUT2D eigenvalue weighted by Gasteiger charge is -2.09. The zero-order chi connectivity index (χ0) is 13.4. The molecule has 18 heavy (non-hydrogen) atoms. The number of hydrogen-bond acceptors (Lipinski definition) is 4. The normalized spacial score (nSPS) is 11.6. The van der Waals surface area contributed by atoms with E-state index in [-0.39, 0.29) is 12.1 Å². The van der Waals surface area contributed by atoms with Crippen molar-refractivity contribution in [2.24, 2.45) is 0 Å². The molecule has 0 spiro atoms. The molecule has 0 saturated heterocycles. The molecule has 96 valence electrons. The lowest BCUT2D eigenvalue weighted by molar-refractivity contribution is 0.0391. The van der Waals surface area contributed by atoms with Crippen LogP contribution in [0, 0.1) is 11.3 Å². The Bertz CT molecular complexity index is 437. The van der Waals surface area contributed by atoms with Crippen molar-refractivity contribution in [3.05, 3.63) is 35.4 Å². The lowest BCUT2D eigenvalue weighted by Crippen LogP contribution is -2.12. The standard InChI is InChI=1S/C14H17NO3/c1-11(17-2)7-9-18-14(16)13-5-3-4-12(10-13)6-8-15/h3-5,10-11H,6-7,9H2,1-2H3/t11-/m0/s1. The summed E-state index contributed by atoms with van der Waals surface area (Å²) in [5.41, 5.74) is 1.30. The van der Waals surface area contributed by atoms with Gasteiger partial charge in [0, 0.05) is 13.5 Å². The van der Waals surface area contributed by atoms with Gasteiger partial charge in [0.15, 0.2) is 0 Å². The van der Waals surface area contributed by atoms with E-state index in [4.69, 9.17) is 14.7 Å². The van der Waals surface area contributed by atoms with Crippen LogP contribution in [0.15, 0.2) is 24.3 Å². The minimum absolute atomic E-state index is 0.0720. The maximum Gasteiger partial charge on any atom is 0.338 e. The predicted molar refractivity (Wildman–Crippen MR) is 67.1 cm³/mol. The summed E-state index contributed by atoms with van der Waals surface area (Å²) >= 11 is 0. The van der Waals surface area contributed by atoms with Gasteiger partial charge in [0.2, 0.25) is 0 Å². The van der Waals surface area contributed by atoms with Gasteiger partial charge in [0.25, 0.3) is 0 Å². The van der Waals surface area contributed by atoms with E-state index >= 15 is 0 Å². The summed E-state index contributed by atoms with van der Waals surface area (Å²) in [6.07, 6.45) is 1.03. The molecule has 0 saturated carbocycles. The number of ether oxygens (including phenoxy) is 2. The summed E-state index contributed by atoms with van der Waals surface area (Å²) in [4.78, 5) is 11.7. The molecule has 0 bridgehead atoms. The van der Waals surface area contributed by atoms with Gasteiger partial charge in [-0.3, -0.25) is 0 Å². The molecular weight excluding hydrogens is 230 g/mol. The number of nitrogens with zero attached hydrogens (tertiary/aromatic N) is 1. The molecule has 0 aliphatic heterocycles. The fraction of sp³-hybridized carbons (Fsp3) is 0.429. The van der Waals surface area contributed by atoms with Crippen LogP contribution < -0.4 is 0 Å². The molecule has 0 amide bonds.